The number of amides is 4. The van der Waals surface area contributed by atoms with Crippen molar-refractivity contribution in [1.29, 1.82) is 0 Å². The molecule has 0 radical (unpaired) electrons. The number of benzene rings is 3. The van der Waals surface area contributed by atoms with Gasteiger partial charge in [-0.1, -0.05) is 76.2 Å². The summed E-state index contributed by atoms with van der Waals surface area (Å²) in [6.07, 6.45) is 3.39. The number of alkyl carbamates (subject to hydrolysis) is 2. The van der Waals surface area contributed by atoms with Crippen molar-refractivity contribution >= 4 is 34.8 Å². The number of nitrogens with one attached hydrogen (secondary N) is 4. The first-order valence-corrected chi connectivity index (χ1v) is 20.1. The average Bonchev–Trinajstić information content (AvgIpc) is 4.08. The van der Waals surface area contributed by atoms with E-state index in [2.05, 4.69) is 85.2 Å². The van der Waals surface area contributed by atoms with Gasteiger partial charge in [0.1, 0.15) is 29.8 Å². The molecule has 0 spiro atoms. The quantitative estimate of drug-likeness (QED) is 0.101. The first kappa shape index (κ1) is 41.0. The lowest BCUT2D eigenvalue weighted by Crippen LogP contribution is -2.51. The number of ether oxygens (including phenoxy) is 2. The van der Waals surface area contributed by atoms with E-state index in [4.69, 9.17) is 9.47 Å². The highest BCUT2D eigenvalue weighted by Gasteiger charge is 2.42. The second-order valence-electron chi connectivity index (χ2n) is 16.0. The van der Waals surface area contributed by atoms with Crippen molar-refractivity contribution in [2.24, 2.45) is 11.8 Å². The number of carbonyl (C=O) groups excluding carboxylic acids is 4. The molecule has 0 bridgehead atoms. The number of H-pyrrole nitrogens is 2. The van der Waals surface area contributed by atoms with Crippen molar-refractivity contribution in [3.8, 4) is 33.6 Å². The van der Waals surface area contributed by atoms with Gasteiger partial charge >= 0.3 is 12.2 Å². The third kappa shape index (κ3) is 8.51. The van der Waals surface area contributed by atoms with Gasteiger partial charge in [-0.25, -0.2) is 19.6 Å². The van der Waals surface area contributed by atoms with Crippen molar-refractivity contribution in [2.45, 2.75) is 77.2 Å². The molecule has 4 heterocycles. The van der Waals surface area contributed by atoms with Gasteiger partial charge in [-0.05, 0) is 70.7 Å². The average molecular weight is 805 g/mol. The summed E-state index contributed by atoms with van der Waals surface area (Å²) >= 11 is 0. The summed E-state index contributed by atoms with van der Waals surface area (Å²) in [7, 11) is 2.54. The third-order valence-corrected chi connectivity index (χ3v) is 11.4. The second-order valence-corrected chi connectivity index (χ2v) is 16.0. The predicted molar refractivity (Wildman–Crippen MR) is 222 cm³/mol. The molecule has 2 aromatic heterocycles. The smallest absolute Gasteiger partial charge is 0.407 e. The molecule has 5 aromatic rings. The highest BCUT2D eigenvalue weighted by atomic mass is 16.5. The molecule has 15 nitrogen and oxygen atoms in total. The number of carbonyl (C=O) groups is 4. The zero-order chi connectivity index (χ0) is 42.0. The van der Waals surface area contributed by atoms with E-state index in [-0.39, 0.29) is 29.7 Å². The van der Waals surface area contributed by atoms with E-state index in [1.165, 1.54) is 14.2 Å². The van der Waals surface area contributed by atoms with Crippen molar-refractivity contribution in [3.05, 3.63) is 84.7 Å². The van der Waals surface area contributed by atoms with E-state index in [0.717, 1.165) is 57.3 Å². The Balaban J connectivity index is 1.04. The number of aliphatic hydroxyl groups excluding tert-OH is 1. The van der Waals surface area contributed by atoms with Crippen LogP contribution in [-0.4, -0.2) is 104 Å². The van der Waals surface area contributed by atoms with Crippen LogP contribution in [-0.2, 0) is 19.1 Å². The van der Waals surface area contributed by atoms with Crippen LogP contribution in [0.3, 0.4) is 0 Å². The van der Waals surface area contributed by atoms with Crippen LogP contribution in [0.4, 0.5) is 9.59 Å². The number of imidazole rings is 2. The number of hydrogen-bond acceptors (Lipinski definition) is 9. The normalized spacial score (nSPS) is 19.0. The maximum atomic E-state index is 13.6. The Kier molecular flexibility index (Phi) is 12.0. The fourth-order valence-electron chi connectivity index (χ4n) is 8.15. The number of aromatic amines is 2. The summed E-state index contributed by atoms with van der Waals surface area (Å²) in [6.45, 7) is 8.40. The molecule has 2 saturated heterocycles. The maximum Gasteiger partial charge on any atom is 0.407 e. The second kappa shape index (κ2) is 17.3. The third-order valence-electron chi connectivity index (χ3n) is 11.4. The van der Waals surface area contributed by atoms with E-state index >= 15 is 0 Å². The van der Waals surface area contributed by atoms with Crippen LogP contribution in [0, 0.1) is 11.8 Å². The molecule has 7 rings (SSSR count). The minimum Gasteiger partial charge on any atom is -0.453 e. The van der Waals surface area contributed by atoms with Gasteiger partial charge in [0.05, 0.1) is 50.1 Å². The van der Waals surface area contributed by atoms with Crippen LogP contribution >= 0.6 is 0 Å². The lowest BCUT2D eigenvalue weighted by Gasteiger charge is -2.30. The summed E-state index contributed by atoms with van der Waals surface area (Å²) in [4.78, 5) is 70.6. The van der Waals surface area contributed by atoms with Crippen LogP contribution in [0.15, 0.2) is 73.1 Å². The fourth-order valence-corrected chi connectivity index (χ4v) is 8.15. The molecule has 2 aliphatic rings. The Morgan fingerprint density at radius 1 is 0.678 bits per heavy atom. The SMILES string of the molecule is COC(=O)NC(C(=O)N1CCCC1c1ncc(-c2ccc(-c3ccc4cc(-c5cnc(C6C(O)CCN6C(=O)C(NC(=O)OC)C(C)C)[nH]5)ccc4c3)cc2)[nH]1)C(C)C. The number of methoxy groups -OCH3 is 2. The summed E-state index contributed by atoms with van der Waals surface area (Å²) in [6, 6.07) is 18.3. The highest BCUT2D eigenvalue weighted by Crippen LogP contribution is 2.36. The fraction of sp³-hybridized carbons (Fsp3) is 0.409. The molecule has 4 amide bonds. The highest BCUT2D eigenvalue weighted by molar-refractivity contribution is 5.91. The molecule has 15 heteroatoms. The van der Waals surface area contributed by atoms with Gasteiger partial charge in [0.15, 0.2) is 0 Å². The largest absolute Gasteiger partial charge is 0.453 e. The molecule has 2 aliphatic heterocycles. The van der Waals surface area contributed by atoms with Crippen molar-refractivity contribution in [2.75, 3.05) is 27.3 Å². The Labute approximate surface area is 342 Å². The van der Waals surface area contributed by atoms with E-state index in [1.807, 2.05) is 33.8 Å². The molecule has 59 heavy (non-hydrogen) atoms. The van der Waals surface area contributed by atoms with E-state index in [9.17, 15) is 24.3 Å². The van der Waals surface area contributed by atoms with Gasteiger partial charge < -0.3 is 45.0 Å². The Bertz CT molecular complexity index is 2320. The van der Waals surface area contributed by atoms with Crippen molar-refractivity contribution < 1.29 is 33.8 Å². The van der Waals surface area contributed by atoms with Gasteiger partial charge in [-0.2, -0.15) is 0 Å². The van der Waals surface area contributed by atoms with Crippen LogP contribution in [0.25, 0.3) is 44.4 Å². The van der Waals surface area contributed by atoms with Crippen LogP contribution < -0.4 is 10.6 Å². The monoisotopic (exact) mass is 804 g/mol. The standard InChI is InChI=1S/C44H52N8O7/c1-24(2)36(49-43(56)58-5)41(54)51-18-7-8-34(51)39-45-22-32(47-39)27-11-9-26(10-12-27)28-13-14-30-21-31(16-15-29(30)20-28)33-23-46-40(48-33)38-35(53)17-19-52(38)42(55)37(25(3)4)50-44(57)59-6/h9-16,20-25,34-38,53H,7-8,17-19H2,1-6H3,(H,45,47)(H,46,48)(H,49,56)(H,50,57). The zero-order valence-electron chi connectivity index (χ0n) is 34.2. The number of hydrogen-bond donors (Lipinski definition) is 5. The molecule has 5 atom stereocenters. The van der Waals surface area contributed by atoms with Gasteiger partial charge in [0, 0.05) is 18.7 Å². The van der Waals surface area contributed by atoms with E-state index < -0.39 is 36.4 Å². The lowest BCUT2D eigenvalue weighted by atomic mass is 9.98. The first-order chi connectivity index (χ1) is 28.4. The van der Waals surface area contributed by atoms with Gasteiger partial charge in [-0.3, -0.25) is 9.59 Å². The van der Waals surface area contributed by atoms with Crippen LogP contribution in [0.5, 0.6) is 0 Å². The number of aliphatic hydroxyl groups is 1. The molecule has 2 fully saturated rings. The Hall–Kier alpha value is -6.22. The summed E-state index contributed by atoms with van der Waals surface area (Å²) < 4.78 is 9.50. The molecular formula is C44H52N8O7. The number of likely N-dealkylation sites (tertiary alicyclic amines) is 2. The predicted octanol–water partition coefficient (Wildman–Crippen LogP) is 6.35. The molecule has 5 N–H and O–H groups in total. The summed E-state index contributed by atoms with van der Waals surface area (Å²) in [5.41, 5.74) is 5.60. The molecule has 5 unspecified atom stereocenters. The van der Waals surface area contributed by atoms with Crippen molar-refractivity contribution in [1.82, 2.24) is 40.4 Å². The topological polar surface area (TPSA) is 195 Å². The first-order valence-electron chi connectivity index (χ1n) is 20.1. The van der Waals surface area contributed by atoms with E-state index in [0.29, 0.717) is 31.2 Å². The molecule has 0 saturated carbocycles. The van der Waals surface area contributed by atoms with Gasteiger partial charge in [-0.15, -0.1) is 0 Å². The number of nitrogens with zero attached hydrogens (tertiary/aromatic N) is 4. The molecular weight excluding hydrogens is 753 g/mol. The minimum atomic E-state index is -0.813. The lowest BCUT2D eigenvalue weighted by molar-refractivity contribution is -0.136. The summed E-state index contributed by atoms with van der Waals surface area (Å²) in [5, 5.41) is 18.4. The van der Waals surface area contributed by atoms with Crippen LogP contribution in [0.1, 0.15) is 70.7 Å². The minimum absolute atomic E-state index is 0.112. The Morgan fingerprint density at radius 3 is 1.80 bits per heavy atom. The number of rotatable bonds is 11. The van der Waals surface area contributed by atoms with Crippen molar-refractivity contribution in [3.63, 3.8) is 0 Å². The van der Waals surface area contributed by atoms with Gasteiger partial charge in [0.25, 0.3) is 0 Å². The molecule has 310 valence electrons. The van der Waals surface area contributed by atoms with E-state index in [1.54, 1.807) is 22.2 Å². The number of aromatic nitrogens is 4. The zero-order valence-corrected chi connectivity index (χ0v) is 34.2. The molecule has 0 aliphatic carbocycles. The number of fused-ring (bicyclic) bond motifs is 1. The Morgan fingerprint density at radius 2 is 1.19 bits per heavy atom. The molecule has 3 aromatic carbocycles. The van der Waals surface area contributed by atoms with Gasteiger partial charge in [0.2, 0.25) is 11.8 Å². The van der Waals surface area contributed by atoms with Crippen LogP contribution in [0.2, 0.25) is 0 Å². The summed E-state index contributed by atoms with van der Waals surface area (Å²) in [5.74, 6) is 0.438. The maximum absolute atomic E-state index is 13.6.